The van der Waals surface area contributed by atoms with Gasteiger partial charge in [-0.2, -0.15) is 0 Å². The van der Waals surface area contributed by atoms with Gasteiger partial charge in [-0.1, -0.05) is 24.3 Å². The summed E-state index contributed by atoms with van der Waals surface area (Å²) in [4.78, 5) is 12.3. The van der Waals surface area contributed by atoms with Crippen molar-refractivity contribution in [2.75, 3.05) is 11.6 Å². The molecule has 0 aliphatic carbocycles. The number of sulfone groups is 1. The van der Waals surface area contributed by atoms with Gasteiger partial charge in [-0.15, -0.1) is 11.6 Å². The molecular weight excluding hydrogens is 310 g/mol. The summed E-state index contributed by atoms with van der Waals surface area (Å²) in [5, 5.41) is 2.74. The largest absolute Gasteiger partial charge is 0.322 e. The smallest absolute Gasteiger partial charge is 0.255 e. The average molecular weight is 324 g/mol. The molecule has 0 unspecified atom stereocenters. The van der Waals surface area contributed by atoms with Gasteiger partial charge in [-0.25, -0.2) is 8.42 Å². The first kappa shape index (κ1) is 15.5. The van der Waals surface area contributed by atoms with Crippen molar-refractivity contribution in [3.8, 4) is 0 Å². The number of para-hydroxylation sites is 1. The van der Waals surface area contributed by atoms with Crippen LogP contribution in [0.5, 0.6) is 0 Å². The van der Waals surface area contributed by atoms with Crippen LogP contribution in [0.15, 0.2) is 53.4 Å². The Morgan fingerprint density at radius 1 is 1.14 bits per heavy atom. The van der Waals surface area contributed by atoms with Gasteiger partial charge in [-0.05, 0) is 29.8 Å². The van der Waals surface area contributed by atoms with Crippen molar-refractivity contribution < 1.29 is 13.2 Å². The van der Waals surface area contributed by atoms with Crippen molar-refractivity contribution in [3.63, 3.8) is 0 Å². The highest BCUT2D eigenvalue weighted by molar-refractivity contribution is 7.90. The van der Waals surface area contributed by atoms with Crippen LogP contribution in [-0.4, -0.2) is 20.6 Å². The predicted molar refractivity (Wildman–Crippen MR) is 83.5 cm³/mol. The molecule has 0 aromatic heterocycles. The lowest BCUT2D eigenvalue weighted by atomic mass is 10.1. The molecule has 0 heterocycles. The third-order valence-electron chi connectivity index (χ3n) is 2.93. The van der Waals surface area contributed by atoms with E-state index in [1.54, 1.807) is 24.3 Å². The van der Waals surface area contributed by atoms with Crippen LogP contribution in [0, 0.1) is 0 Å². The molecule has 0 spiro atoms. The van der Waals surface area contributed by atoms with Gasteiger partial charge >= 0.3 is 0 Å². The fourth-order valence-corrected chi connectivity index (χ4v) is 2.72. The molecule has 6 heteroatoms. The van der Waals surface area contributed by atoms with E-state index in [9.17, 15) is 13.2 Å². The van der Waals surface area contributed by atoms with E-state index in [1.807, 2.05) is 12.1 Å². The molecule has 1 N–H and O–H groups in total. The van der Waals surface area contributed by atoms with Gasteiger partial charge < -0.3 is 5.32 Å². The number of hydrogen-bond donors (Lipinski definition) is 1. The summed E-state index contributed by atoms with van der Waals surface area (Å²) >= 11 is 5.82. The Balaban J connectivity index is 2.29. The molecule has 2 aromatic rings. The maximum absolute atomic E-state index is 12.2. The average Bonchev–Trinajstić information content (AvgIpc) is 2.47. The van der Waals surface area contributed by atoms with E-state index in [1.165, 1.54) is 12.1 Å². The zero-order chi connectivity index (χ0) is 15.5. The van der Waals surface area contributed by atoms with Gasteiger partial charge in [0.2, 0.25) is 0 Å². The van der Waals surface area contributed by atoms with Gasteiger partial charge in [0.1, 0.15) is 0 Å². The second-order valence-corrected chi connectivity index (χ2v) is 6.83. The van der Waals surface area contributed by atoms with Crippen molar-refractivity contribution in [1.29, 1.82) is 0 Å². The number of carbonyl (C=O) groups is 1. The fraction of sp³-hybridized carbons (Fsp3) is 0.133. The molecule has 2 aromatic carbocycles. The van der Waals surface area contributed by atoms with Gasteiger partial charge in [0.25, 0.3) is 5.91 Å². The summed E-state index contributed by atoms with van der Waals surface area (Å²) in [5.74, 6) is -0.0992. The van der Waals surface area contributed by atoms with Crippen LogP contribution in [-0.2, 0) is 15.7 Å². The second kappa shape index (κ2) is 6.28. The third kappa shape index (κ3) is 3.83. The lowest BCUT2D eigenvalue weighted by Gasteiger charge is -2.09. The molecule has 2 rings (SSSR count). The minimum Gasteiger partial charge on any atom is -0.322 e. The van der Waals surface area contributed by atoms with E-state index in [-0.39, 0.29) is 22.2 Å². The zero-order valence-corrected chi connectivity index (χ0v) is 12.9. The Morgan fingerprint density at radius 2 is 1.86 bits per heavy atom. The number of rotatable bonds is 4. The van der Waals surface area contributed by atoms with Crippen molar-refractivity contribution in [2.24, 2.45) is 0 Å². The van der Waals surface area contributed by atoms with Crippen LogP contribution < -0.4 is 5.32 Å². The summed E-state index contributed by atoms with van der Waals surface area (Å²) in [6, 6.07) is 13.1. The van der Waals surface area contributed by atoms with E-state index in [0.717, 1.165) is 11.8 Å². The maximum Gasteiger partial charge on any atom is 0.255 e. The van der Waals surface area contributed by atoms with Crippen LogP contribution in [0.4, 0.5) is 5.69 Å². The first-order valence-corrected chi connectivity index (χ1v) is 8.60. The lowest BCUT2D eigenvalue weighted by Crippen LogP contribution is -2.13. The highest BCUT2D eigenvalue weighted by Gasteiger charge is 2.12. The van der Waals surface area contributed by atoms with Crippen LogP contribution >= 0.6 is 11.6 Å². The number of carbonyl (C=O) groups excluding carboxylic acids is 1. The Labute approximate surface area is 128 Å². The SMILES string of the molecule is CS(=O)(=O)c1cccc(C(=O)Nc2ccccc2CCl)c1. The van der Waals surface area contributed by atoms with Crippen molar-refractivity contribution >= 4 is 33.0 Å². The highest BCUT2D eigenvalue weighted by Crippen LogP contribution is 2.19. The van der Waals surface area contributed by atoms with Gasteiger partial charge in [0.15, 0.2) is 9.84 Å². The van der Waals surface area contributed by atoms with E-state index >= 15 is 0 Å². The molecular formula is C15H14ClNO3S. The highest BCUT2D eigenvalue weighted by atomic mass is 35.5. The van der Waals surface area contributed by atoms with Gasteiger partial charge in [0, 0.05) is 23.4 Å². The molecule has 21 heavy (non-hydrogen) atoms. The Kier molecular flexibility index (Phi) is 4.65. The Morgan fingerprint density at radius 3 is 2.52 bits per heavy atom. The number of halogens is 1. The molecule has 0 saturated heterocycles. The van der Waals surface area contributed by atoms with Crippen molar-refractivity contribution in [3.05, 3.63) is 59.7 Å². The van der Waals surface area contributed by atoms with E-state index in [4.69, 9.17) is 11.6 Å². The van der Waals surface area contributed by atoms with Crippen LogP contribution in [0.25, 0.3) is 0 Å². The number of amides is 1. The van der Waals surface area contributed by atoms with Gasteiger partial charge in [-0.3, -0.25) is 4.79 Å². The predicted octanol–water partition coefficient (Wildman–Crippen LogP) is 3.08. The number of hydrogen-bond acceptors (Lipinski definition) is 3. The van der Waals surface area contributed by atoms with E-state index in [0.29, 0.717) is 5.69 Å². The van der Waals surface area contributed by atoms with Crippen molar-refractivity contribution in [1.82, 2.24) is 0 Å². The van der Waals surface area contributed by atoms with Crippen LogP contribution in [0.3, 0.4) is 0 Å². The molecule has 0 saturated carbocycles. The molecule has 0 fully saturated rings. The molecule has 0 bridgehead atoms. The lowest BCUT2D eigenvalue weighted by molar-refractivity contribution is 0.102. The minimum absolute atomic E-state index is 0.112. The van der Waals surface area contributed by atoms with Crippen molar-refractivity contribution in [2.45, 2.75) is 10.8 Å². The maximum atomic E-state index is 12.2. The minimum atomic E-state index is -3.35. The van der Waals surface area contributed by atoms with Crippen LogP contribution in [0.2, 0.25) is 0 Å². The fourth-order valence-electron chi connectivity index (χ4n) is 1.82. The number of alkyl halides is 1. The normalized spacial score (nSPS) is 11.1. The summed E-state index contributed by atoms with van der Waals surface area (Å²) in [7, 11) is -3.35. The first-order valence-electron chi connectivity index (χ1n) is 6.17. The summed E-state index contributed by atoms with van der Waals surface area (Å²) in [5.41, 5.74) is 1.69. The molecule has 1 amide bonds. The Hall–Kier alpha value is -1.85. The summed E-state index contributed by atoms with van der Waals surface area (Å²) < 4.78 is 23.0. The van der Waals surface area contributed by atoms with E-state index < -0.39 is 9.84 Å². The third-order valence-corrected chi connectivity index (χ3v) is 4.33. The second-order valence-electron chi connectivity index (χ2n) is 4.54. The number of nitrogens with one attached hydrogen (secondary N) is 1. The molecule has 0 aliphatic heterocycles. The standard InChI is InChI=1S/C15H14ClNO3S/c1-21(19,20)13-7-4-6-11(9-13)15(18)17-14-8-3-2-5-12(14)10-16/h2-9H,10H2,1H3,(H,17,18). The van der Waals surface area contributed by atoms with Crippen LogP contribution in [0.1, 0.15) is 15.9 Å². The summed E-state index contributed by atoms with van der Waals surface area (Å²) in [6.45, 7) is 0. The molecule has 0 aliphatic rings. The monoisotopic (exact) mass is 323 g/mol. The van der Waals surface area contributed by atoms with Gasteiger partial charge in [0.05, 0.1) is 4.90 Å². The topological polar surface area (TPSA) is 63.2 Å². The zero-order valence-electron chi connectivity index (χ0n) is 11.3. The summed E-state index contributed by atoms with van der Waals surface area (Å²) in [6.07, 6.45) is 1.10. The molecule has 4 nitrogen and oxygen atoms in total. The first-order chi connectivity index (χ1) is 9.91. The number of benzene rings is 2. The Bertz CT molecular complexity index is 772. The quantitative estimate of drug-likeness (QED) is 0.879. The molecule has 0 atom stereocenters. The van der Waals surface area contributed by atoms with E-state index in [2.05, 4.69) is 5.32 Å². The molecule has 110 valence electrons. The molecule has 0 radical (unpaired) electrons. The number of anilines is 1.